The number of nitrogens with two attached hydrogens (primary N) is 1. The topological polar surface area (TPSA) is 91.3 Å². The molecule has 0 fully saturated rings. The molecule has 0 spiro atoms. The number of halogens is 1. The molecule has 1 atom stereocenters. The van der Waals surface area contributed by atoms with Gasteiger partial charge in [0.25, 0.3) is 5.69 Å². The van der Waals surface area contributed by atoms with Crippen LogP contribution in [0, 0.1) is 10.1 Å². The van der Waals surface area contributed by atoms with Gasteiger partial charge in [0.15, 0.2) is 0 Å². The first-order valence-electron chi connectivity index (χ1n) is 5.80. The van der Waals surface area contributed by atoms with E-state index in [9.17, 15) is 10.1 Å². The summed E-state index contributed by atoms with van der Waals surface area (Å²) in [5, 5.41) is 10.8. The summed E-state index contributed by atoms with van der Waals surface area (Å²) in [6, 6.07) is 7.68. The lowest BCUT2D eigenvalue weighted by Crippen LogP contribution is -2.07. The van der Waals surface area contributed by atoms with E-state index in [1.165, 1.54) is 12.1 Å². The highest BCUT2D eigenvalue weighted by molar-refractivity contribution is 9.10. The lowest BCUT2D eigenvalue weighted by molar-refractivity contribution is -0.385. The van der Waals surface area contributed by atoms with Gasteiger partial charge in [-0.15, -0.1) is 0 Å². The van der Waals surface area contributed by atoms with Crippen molar-refractivity contribution in [3.05, 3.63) is 56.7 Å². The molecule has 0 unspecified atom stereocenters. The zero-order chi connectivity index (χ0) is 14.7. The predicted molar refractivity (Wildman–Crippen MR) is 77.7 cm³/mol. The van der Waals surface area contributed by atoms with Crippen LogP contribution in [0.4, 0.5) is 5.69 Å². The smallest absolute Gasteiger partial charge is 0.274 e. The van der Waals surface area contributed by atoms with E-state index in [2.05, 4.69) is 20.9 Å². The van der Waals surface area contributed by atoms with Crippen LogP contribution in [0.1, 0.15) is 18.5 Å². The molecule has 0 bridgehead atoms. The summed E-state index contributed by atoms with van der Waals surface area (Å²) in [7, 11) is 0. The van der Waals surface area contributed by atoms with Crippen molar-refractivity contribution in [2.75, 3.05) is 0 Å². The van der Waals surface area contributed by atoms with E-state index in [1.807, 2.05) is 6.92 Å². The molecule has 0 saturated heterocycles. The van der Waals surface area contributed by atoms with Gasteiger partial charge >= 0.3 is 0 Å². The molecule has 0 aliphatic heterocycles. The van der Waals surface area contributed by atoms with Crippen LogP contribution in [0.15, 0.2) is 41.0 Å². The maximum absolute atomic E-state index is 10.8. The summed E-state index contributed by atoms with van der Waals surface area (Å²) in [5.41, 5.74) is 6.51. The second kappa shape index (κ2) is 5.98. The minimum absolute atomic E-state index is 0.0624. The molecule has 0 aliphatic carbocycles. The first-order chi connectivity index (χ1) is 9.47. The number of benzene rings is 1. The zero-order valence-electron chi connectivity index (χ0n) is 10.6. The Morgan fingerprint density at radius 2 is 2.20 bits per heavy atom. The van der Waals surface area contributed by atoms with E-state index in [4.69, 9.17) is 10.5 Å². The number of hydrogen-bond donors (Lipinski definition) is 1. The average Bonchev–Trinajstić information content (AvgIpc) is 2.38. The quantitative estimate of drug-likeness (QED) is 0.680. The van der Waals surface area contributed by atoms with Gasteiger partial charge in [0.1, 0.15) is 5.75 Å². The number of nitro benzene ring substituents is 1. The first-order valence-corrected chi connectivity index (χ1v) is 6.60. The molecule has 7 heteroatoms. The molecule has 0 radical (unpaired) electrons. The lowest BCUT2D eigenvalue weighted by Gasteiger charge is -2.12. The highest BCUT2D eigenvalue weighted by Crippen LogP contribution is 2.31. The van der Waals surface area contributed by atoms with E-state index >= 15 is 0 Å². The summed E-state index contributed by atoms with van der Waals surface area (Å²) < 4.78 is 6.17. The Bertz CT molecular complexity index is 647. The Morgan fingerprint density at radius 1 is 1.45 bits per heavy atom. The molecule has 2 N–H and O–H groups in total. The van der Waals surface area contributed by atoms with Crippen LogP contribution in [0.3, 0.4) is 0 Å². The van der Waals surface area contributed by atoms with Crippen LogP contribution in [0.25, 0.3) is 0 Å². The van der Waals surface area contributed by atoms with Crippen molar-refractivity contribution in [3.63, 3.8) is 0 Å². The number of hydrogen-bond acceptors (Lipinski definition) is 5. The predicted octanol–water partition coefficient (Wildman–Crippen LogP) is 3.56. The van der Waals surface area contributed by atoms with Crippen molar-refractivity contribution in [2.45, 2.75) is 13.0 Å². The number of nitro groups is 1. The molecule has 6 nitrogen and oxygen atoms in total. The van der Waals surface area contributed by atoms with Crippen LogP contribution < -0.4 is 10.5 Å². The summed E-state index contributed by atoms with van der Waals surface area (Å²) in [4.78, 5) is 14.5. The molecule has 0 saturated carbocycles. The molecule has 20 heavy (non-hydrogen) atoms. The molecule has 2 aromatic rings. The zero-order valence-corrected chi connectivity index (χ0v) is 12.2. The van der Waals surface area contributed by atoms with Gasteiger partial charge < -0.3 is 10.5 Å². The lowest BCUT2D eigenvalue weighted by atomic mass is 10.1. The van der Waals surface area contributed by atoms with E-state index in [-0.39, 0.29) is 11.7 Å². The normalized spacial score (nSPS) is 11.9. The number of ether oxygens (including phenoxy) is 1. The van der Waals surface area contributed by atoms with Crippen LogP contribution >= 0.6 is 15.9 Å². The third kappa shape index (κ3) is 3.31. The molecule has 0 amide bonds. The summed E-state index contributed by atoms with van der Waals surface area (Å²) >= 11 is 3.21. The van der Waals surface area contributed by atoms with E-state index in [0.29, 0.717) is 16.1 Å². The number of aromatic nitrogens is 1. The van der Waals surface area contributed by atoms with Crippen LogP contribution in [0.2, 0.25) is 0 Å². The Kier molecular flexibility index (Phi) is 4.31. The van der Waals surface area contributed by atoms with Crippen molar-refractivity contribution >= 4 is 21.6 Å². The van der Waals surface area contributed by atoms with Gasteiger partial charge in [-0.25, -0.2) is 4.98 Å². The van der Waals surface area contributed by atoms with Gasteiger partial charge in [-0.3, -0.25) is 10.1 Å². The minimum Gasteiger partial charge on any atom is -0.438 e. The highest BCUT2D eigenvalue weighted by Gasteiger charge is 2.13. The minimum atomic E-state index is -0.484. The van der Waals surface area contributed by atoms with Gasteiger partial charge in [-0.2, -0.15) is 0 Å². The summed E-state index contributed by atoms with van der Waals surface area (Å²) in [5.74, 6) is 0.668. The van der Waals surface area contributed by atoms with Crippen molar-refractivity contribution in [3.8, 4) is 11.6 Å². The first kappa shape index (κ1) is 14.4. The summed E-state index contributed by atoms with van der Waals surface area (Å²) in [6.45, 7) is 1.81. The van der Waals surface area contributed by atoms with Crippen molar-refractivity contribution in [2.24, 2.45) is 5.73 Å². The van der Waals surface area contributed by atoms with Crippen molar-refractivity contribution in [1.29, 1.82) is 0 Å². The van der Waals surface area contributed by atoms with E-state index in [0.717, 1.165) is 5.56 Å². The van der Waals surface area contributed by atoms with Crippen LogP contribution in [-0.4, -0.2) is 9.91 Å². The number of rotatable bonds is 4. The van der Waals surface area contributed by atoms with E-state index in [1.54, 1.807) is 24.4 Å². The number of pyridine rings is 1. The van der Waals surface area contributed by atoms with Crippen molar-refractivity contribution in [1.82, 2.24) is 4.98 Å². The molecule has 1 aromatic carbocycles. The Morgan fingerprint density at radius 3 is 2.85 bits per heavy atom. The van der Waals surface area contributed by atoms with Gasteiger partial charge in [0.2, 0.25) is 5.88 Å². The maximum Gasteiger partial charge on any atom is 0.274 e. The molecule has 2 rings (SSSR count). The van der Waals surface area contributed by atoms with Gasteiger partial charge in [0, 0.05) is 28.3 Å². The standard InChI is InChI=1S/C13H12BrN3O3/c1-8(15)12-3-2-4-16-13(12)20-11-6-9(14)5-10(7-11)17(18)19/h2-8H,15H2,1H3/t8-/m0/s1. The molecule has 0 aliphatic rings. The Hall–Kier alpha value is -1.99. The fourth-order valence-electron chi connectivity index (χ4n) is 1.66. The second-order valence-corrected chi connectivity index (χ2v) is 5.11. The molecule has 104 valence electrons. The van der Waals surface area contributed by atoms with Gasteiger partial charge in [-0.05, 0) is 19.1 Å². The monoisotopic (exact) mass is 337 g/mol. The third-order valence-corrected chi connectivity index (χ3v) is 3.03. The molecular weight excluding hydrogens is 326 g/mol. The molecular formula is C13H12BrN3O3. The fraction of sp³-hybridized carbons (Fsp3) is 0.154. The largest absolute Gasteiger partial charge is 0.438 e. The fourth-order valence-corrected chi connectivity index (χ4v) is 2.12. The SMILES string of the molecule is C[C@H](N)c1cccnc1Oc1cc(Br)cc([N+](=O)[O-])c1. The third-order valence-electron chi connectivity index (χ3n) is 2.57. The van der Waals surface area contributed by atoms with Crippen molar-refractivity contribution < 1.29 is 9.66 Å². The maximum atomic E-state index is 10.8. The Labute approximate surface area is 123 Å². The van der Waals surface area contributed by atoms with Gasteiger partial charge in [0.05, 0.1) is 11.0 Å². The Balaban J connectivity index is 2.37. The molecule has 1 aromatic heterocycles. The number of nitrogens with zero attached hydrogens (tertiary/aromatic N) is 2. The van der Waals surface area contributed by atoms with E-state index < -0.39 is 4.92 Å². The number of non-ortho nitro benzene ring substituents is 1. The van der Waals surface area contributed by atoms with Gasteiger partial charge in [-0.1, -0.05) is 22.0 Å². The van der Waals surface area contributed by atoms with Crippen LogP contribution in [0.5, 0.6) is 11.6 Å². The summed E-state index contributed by atoms with van der Waals surface area (Å²) in [6.07, 6.45) is 1.58. The average molecular weight is 338 g/mol. The highest BCUT2D eigenvalue weighted by atomic mass is 79.9. The second-order valence-electron chi connectivity index (χ2n) is 4.19. The molecule has 1 heterocycles. The van der Waals surface area contributed by atoms with Crippen LogP contribution in [-0.2, 0) is 0 Å².